The second-order valence-electron chi connectivity index (χ2n) is 7.61. The van der Waals surface area contributed by atoms with Crippen LogP contribution in [0.15, 0.2) is 77.7 Å². The monoisotopic (exact) mass is 497 g/mol. The maximum Gasteiger partial charge on any atom is 0.319 e. The number of carbonyl (C=O) groups is 2. The van der Waals surface area contributed by atoms with Crippen LogP contribution in [0.5, 0.6) is 5.75 Å². The quantitative estimate of drug-likeness (QED) is 0.335. The summed E-state index contributed by atoms with van der Waals surface area (Å²) in [5, 5.41) is 14.7. The number of aliphatic carboxylic acids is 1. The molecule has 0 heterocycles. The van der Waals surface area contributed by atoms with Gasteiger partial charge in [-0.05, 0) is 47.9 Å². The number of benzene rings is 3. The number of rotatable bonds is 10. The van der Waals surface area contributed by atoms with E-state index >= 15 is 0 Å². The molecule has 0 aliphatic rings. The Hall–Kier alpha value is -3.89. The van der Waals surface area contributed by atoms with Gasteiger partial charge in [0.25, 0.3) is 0 Å². The lowest BCUT2D eigenvalue weighted by atomic mass is 10.0. The highest BCUT2D eigenvalue weighted by Crippen LogP contribution is 2.32. The van der Waals surface area contributed by atoms with Crippen LogP contribution in [0.25, 0.3) is 11.1 Å². The number of anilines is 1. The zero-order valence-electron chi connectivity index (χ0n) is 19.3. The summed E-state index contributed by atoms with van der Waals surface area (Å²) in [5.74, 6) is -1.03. The normalized spacial score (nSPS) is 11.9. The lowest BCUT2D eigenvalue weighted by Crippen LogP contribution is -2.30. The minimum Gasteiger partial charge on any atom is -0.495 e. The van der Waals surface area contributed by atoms with Crippen molar-refractivity contribution in [3.8, 4) is 16.9 Å². The zero-order valence-corrected chi connectivity index (χ0v) is 20.1. The number of nitrogens with one attached hydrogen (secondary N) is 3. The summed E-state index contributed by atoms with van der Waals surface area (Å²) in [6, 6.07) is 18.8. The summed E-state index contributed by atoms with van der Waals surface area (Å²) >= 11 is 0. The van der Waals surface area contributed by atoms with Gasteiger partial charge in [0, 0.05) is 12.2 Å². The van der Waals surface area contributed by atoms with E-state index in [1.54, 1.807) is 60.7 Å². The van der Waals surface area contributed by atoms with Crippen LogP contribution in [0.1, 0.15) is 24.9 Å². The predicted molar refractivity (Wildman–Crippen MR) is 133 cm³/mol. The molecule has 2 amide bonds. The van der Waals surface area contributed by atoms with Gasteiger partial charge in [-0.1, -0.05) is 48.5 Å². The molecule has 3 aromatic rings. The van der Waals surface area contributed by atoms with E-state index in [1.807, 2.05) is 6.92 Å². The topological polar surface area (TPSA) is 134 Å². The summed E-state index contributed by atoms with van der Waals surface area (Å²) < 4.78 is 34.6. The number of sulfonamides is 1. The number of amides is 2. The van der Waals surface area contributed by atoms with Crippen molar-refractivity contribution < 1.29 is 27.9 Å². The van der Waals surface area contributed by atoms with Crippen molar-refractivity contribution in [1.82, 2.24) is 10.0 Å². The Morgan fingerprint density at radius 1 is 0.971 bits per heavy atom. The highest BCUT2D eigenvalue weighted by Gasteiger charge is 2.26. The van der Waals surface area contributed by atoms with Gasteiger partial charge in [-0.2, -0.15) is 0 Å². The molecule has 0 saturated carbocycles. The fourth-order valence-electron chi connectivity index (χ4n) is 3.52. The van der Waals surface area contributed by atoms with E-state index in [9.17, 15) is 23.1 Å². The van der Waals surface area contributed by atoms with Crippen molar-refractivity contribution in [2.45, 2.75) is 24.3 Å². The largest absolute Gasteiger partial charge is 0.495 e. The molecule has 1 atom stereocenters. The lowest BCUT2D eigenvalue weighted by Gasteiger charge is -2.19. The van der Waals surface area contributed by atoms with Gasteiger partial charge in [-0.3, -0.25) is 4.79 Å². The Bertz CT molecular complexity index is 1300. The third-order valence-electron chi connectivity index (χ3n) is 5.12. The Morgan fingerprint density at radius 3 is 2.34 bits per heavy atom. The number of carboxylic acid groups (broad SMARTS) is 1. The number of ether oxygens (including phenoxy) is 1. The molecule has 10 heteroatoms. The number of carbonyl (C=O) groups excluding carboxylic acids is 1. The average Bonchev–Trinajstić information content (AvgIpc) is 2.83. The maximum atomic E-state index is 13.4. The minimum absolute atomic E-state index is 0.111. The highest BCUT2D eigenvalue weighted by atomic mass is 32.2. The molecule has 3 rings (SSSR count). The van der Waals surface area contributed by atoms with E-state index in [0.29, 0.717) is 28.9 Å². The summed E-state index contributed by atoms with van der Waals surface area (Å²) in [4.78, 5) is 23.1. The predicted octanol–water partition coefficient (Wildman–Crippen LogP) is 4.00. The van der Waals surface area contributed by atoms with Crippen molar-refractivity contribution in [2.75, 3.05) is 19.0 Å². The van der Waals surface area contributed by atoms with Gasteiger partial charge in [-0.15, -0.1) is 0 Å². The third-order valence-corrected chi connectivity index (χ3v) is 6.62. The fourth-order valence-corrected chi connectivity index (χ4v) is 4.94. The molecule has 0 saturated heterocycles. The molecule has 9 nitrogen and oxygen atoms in total. The van der Waals surface area contributed by atoms with Gasteiger partial charge >= 0.3 is 12.0 Å². The second-order valence-corrected chi connectivity index (χ2v) is 9.30. The van der Waals surface area contributed by atoms with Crippen molar-refractivity contribution in [3.63, 3.8) is 0 Å². The number of urea groups is 1. The highest BCUT2D eigenvalue weighted by molar-refractivity contribution is 7.89. The summed E-state index contributed by atoms with van der Waals surface area (Å²) in [6.45, 7) is 2.28. The molecule has 1 unspecified atom stereocenters. The molecule has 0 aliphatic carbocycles. The van der Waals surface area contributed by atoms with Crippen LogP contribution in [-0.2, 0) is 14.8 Å². The van der Waals surface area contributed by atoms with Gasteiger partial charge in [0.1, 0.15) is 10.6 Å². The summed E-state index contributed by atoms with van der Waals surface area (Å²) in [6.07, 6.45) is -0.432. The van der Waals surface area contributed by atoms with Gasteiger partial charge in [0.05, 0.1) is 19.6 Å². The zero-order chi connectivity index (χ0) is 25.4. The van der Waals surface area contributed by atoms with E-state index in [1.165, 1.54) is 19.2 Å². The van der Waals surface area contributed by atoms with Gasteiger partial charge in [0.2, 0.25) is 10.0 Å². The van der Waals surface area contributed by atoms with Crippen molar-refractivity contribution >= 4 is 27.7 Å². The van der Waals surface area contributed by atoms with Gasteiger partial charge in [0.15, 0.2) is 0 Å². The third kappa shape index (κ3) is 6.81. The van der Waals surface area contributed by atoms with Crippen LogP contribution >= 0.6 is 0 Å². The van der Waals surface area contributed by atoms with E-state index in [0.717, 1.165) is 0 Å². The van der Waals surface area contributed by atoms with Gasteiger partial charge in [-0.25, -0.2) is 17.9 Å². The molecule has 0 spiro atoms. The standard InChI is InChI=1S/C25H27N3O6S/c1-3-26-25(31)27-20-11-7-10-18(14-20)19-12-13-22(34-2)23(15-19)35(32,33)28-21(16-24(29)30)17-8-5-4-6-9-17/h4-15,21,28H,3,16H2,1-2H3,(H,29,30)(H2,26,27,31). The van der Waals surface area contributed by atoms with Crippen LogP contribution < -0.4 is 20.1 Å². The van der Waals surface area contributed by atoms with Gasteiger partial charge < -0.3 is 20.5 Å². The summed E-state index contributed by atoms with van der Waals surface area (Å²) in [5.41, 5.74) is 2.30. The second kappa shape index (κ2) is 11.5. The molecule has 184 valence electrons. The Kier molecular flexibility index (Phi) is 8.45. The molecule has 4 N–H and O–H groups in total. The number of methoxy groups -OCH3 is 1. The first-order valence-corrected chi connectivity index (χ1v) is 12.3. The van der Waals surface area contributed by atoms with Crippen molar-refractivity contribution in [1.29, 1.82) is 0 Å². The average molecular weight is 498 g/mol. The first kappa shape index (κ1) is 25.7. The number of hydrogen-bond donors (Lipinski definition) is 4. The molecule has 0 radical (unpaired) electrons. The molecular weight excluding hydrogens is 470 g/mol. The maximum absolute atomic E-state index is 13.4. The van der Waals surface area contributed by atoms with Crippen LogP contribution in [0.4, 0.5) is 10.5 Å². The first-order valence-electron chi connectivity index (χ1n) is 10.9. The van der Waals surface area contributed by atoms with Crippen LogP contribution in [0, 0.1) is 0 Å². The number of carboxylic acids is 1. The molecule has 0 bridgehead atoms. The van der Waals surface area contributed by atoms with E-state index in [-0.39, 0.29) is 16.7 Å². The molecule has 3 aromatic carbocycles. The van der Waals surface area contributed by atoms with Crippen LogP contribution in [0.2, 0.25) is 0 Å². The molecule has 0 aliphatic heterocycles. The SMILES string of the molecule is CCNC(=O)Nc1cccc(-c2ccc(OC)c(S(=O)(=O)NC(CC(=O)O)c3ccccc3)c2)c1. The Balaban J connectivity index is 1.97. The van der Waals surface area contributed by atoms with Crippen molar-refractivity contribution in [3.05, 3.63) is 78.4 Å². The minimum atomic E-state index is -4.18. The van der Waals surface area contributed by atoms with E-state index in [2.05, 4.69) is 15.4 Å². The van der Waals surface area contributed by atoms with Crippen LogP contribution in [0.3, 0.4) is 0 Å². The van der Waals surface area contributed by atoms with E-state index < -0.39 is 28.5 Å². The van der Waals surface area contributed by atoms with E-state index in [4.69, 9.17) is 4.74 Å². The summed E-state index contributed by atoms with van der Waals surface area (Å²) in [7, 11) is -2.82. The smallest absolute Gasteiger partial charge is 0.319 e. The fraction of sp³-hybridized carbons (Fsp3) is 0.200. The first-order chi connectivity index (χ1) is 16.7. The molecule has 0 fully saturated rings. The Labute approximate surface area is 204 Å². The van der Waals surface area contributed by atoms with Crippen molar-refractivity contribution in [2.24, 2.45) is 0 Å². The molecule has 35 heavy (non-hydrogen) atoms. The lowest BCUT2D eigenvalue weighted by molar-refractivity contribution is -0.137. The Morgan fingerprint density at radius 2 is 1.69 bits per heavy atom. The molecule has 0 aromatic heterocycles. The van der Waals surface area contributed by atoms with Crippen LogP contribution in [-0.4, -0.2) is 39.2 Å². The number of hydrogen-bond acceptors (Lipinski definition) is 5. The molecular formula is C25H27N3O6S.